The van der Waals surface area contributed by atoms with E-state index in [4.69, 9.17) is 4.42 Å². The molecule has 0 spiro atoms. The SMILES string of the molecule is CNCc1cc(S(=O)(=O)NC2CCSCC2)c(Br)o1. The molecule has 0 unspecified atom stereocenters. The molecule has 0 amide bonds. The smallest absolute Gasteiger partial charge is 0.245 e. The molecule has 1 aromatic heterocycles. The zero-order chi connectivity index (χ0) is 13.9. The second-order valence-corrected chi connectivity index (χ2v) is 8.02. The molecule has 0 atom stereocenters. The summed E-state index contributed by atoms with van der Waals surface area (Å²) in [6.07, 6.45) is 1.76. The zero-order valence-corrected chi connectivity index (χ0v) is 13.8. The van der Waals surface area contributed by atoms with Gasteiger partial charge < -0.3 is 9.73 Å². The van der Waals surface area contributed by atoms with Gasteiger partial charge in [0.1, 0.15) is 10.7 Å². The second-order valence-electron chi connectivity index (χ2n) is 4.39. The molecule has 0 saturated carbocycles. The third kappa shape index (κ3) is 3.98. The highest BCUT2D eigenvalue weighted by atomic mass is 79.9. The van der Waals surface area contributed by atoms with Gasteiger partial charge in [-0.3, -0.25) is 0 Å². The van der Waals surface area contributed by atoms with Crippen LogP contribution in [0, 0.1) is 0 Å². The average Bonchev–Trinajstić information content (AvgIpc) is 2.72. The van der Waals surface area contributed by atoms with Crippen LogP contribution in [-0.2, 0) is 16.6 Å². The molecule has 19 heavy (non-hydrogen) atoms. The summed E-state index contributed by atoms with van der Waals surface area (Å²) in [6, 6.07) is 1.58. The van der Waals surface area contributed by atoms with Crippen molar-refractivity contribution in [2.24, 2.45) is 0 Å². The minimum Gasteiger partial charge on any atom is -0.452 e. The molecular weight excluding hydrogens is 352 g/mol. The number of hydrogen-bond donors (Lipinski definition) is 2. The second kappa shape index (κ2) is 6.62. The Morgan fingerprint density at radius 3 is 2.79 bits per heavy atom. The maximum Gasteiger partial charge on any atom is 0.245 e. The quantitative estimate of drug-likeness (QED) is 0.830. The number of thioether (sulfide) groups is 1. The molecule has 1 fully saturated rings. The Bertz CT molecular complexity index is 524. The first-order valence-corrected chi connectivity index (χ1v) is 9.49. The average molecular weight is 369 g/mol. The Kier molecular flexibility index (Phi) is 5.36. The van der Waals surface area contributed by atoms with Crippen LogP contribution in [0.2, 0.25) is 0 Å². The van der Waals surface area contributed by atoms with Crippen LogP contribution in [0.15, 0.2) is 20.0 Å². The van der Waals surface area contributed by atoms with E-state index in [1.807, 2.05) is 11.8 Å². The van der Waals surface area contributed by atoms with Crippen LogP contribution in [0.1, 0.15) is 18.6 Å². The van der Waals surface area contributed by atoms with E-state index in [0.29, 0.717) is 12.3 Å². The van der Waals surface area contributed by atoms with E-state index < -0.39 is 10.0 Å². The minimum absolute atomic E-state index is 0.0285. The van der Waals surface area contributed by atoms with Crippen molar-refractivity contribution in [2.75, 3.05) is 18.6 Å². The summed E-state index contributed by atoms with van der Waals surface area (Å²) in [5, 5.41) is 2.92. The molecule has 1 aliphatic heterocycles. The third-order valence-corrected chi connectivity index (χ3v) is 6.32. The Hall–Kier alpha value is -0.0200. The zero-order valence-electron chi connectivity index (χ0n) is 10.6. The molecule has 1 saturated heterocycles. The maximum absolute atomic E-state index is 12.3. The van der Waals surface area contributed by atoms with Crippen LogP contribution in [0.5, 0.6) is 0 Å². The lowest BCUT2D eigenvalue weighted by Crippen LogP contribution is -2.37. The van der Waals surface area contributed by atoms with Gasteiger partial charge >= 0.3 is 0 Å². The molecule has 0 aliphatic carbocycles. The van der Waals surface area contributed by atoms with Crippen molar-refractivity contribution in [1.29, 1.82) is 0 Å². The summed E-state index contributed by atoms with van der Waals surface area (Å²) in [5.74, 6) is 2.60. The van der Waals surface area contributed by atoms with Crippen molar-refractivity contribution in [1.82, 2.24) is 10.0 Å². The standard InChI is InChI=1S/C11H17BrN2O3S2/c1-13-7-9-6-10(11(12)17-9)19(15,16)14-8-2-4-18-5-3-8/h6,8,13-14H,2-5,7H2,1H3. The van der Waals surface area contributed by atoms with Crippen LogP contribution in [0.4, 0.5) is 0 Å². The molecule has 0 bridgehead atoms. The van der Waals surface area contributed by atoms with Crippen LogP contribution in [-0.4, -0.2) is 33.0 Å². The molecular formula is C11H17BrN2O3S2. The van der Waals surface area contributed by atoms with Gasteiger partial charge in [-0.25, -0.2) is 13.1 Å². The van der Waals surface area contributed by atoms with E-state index in [1.165, 1.54) is 0 Å². The summed E-state index contributed by atoms with van der Waals surface area (Å²) in [7, 11) is -1.74. The van der Waals surface area contributed by atoms with Crippen LogP contribution in [0.3, 0.4) is 0 Å². The monoisotopic (exact) mass is 368 g/mol. The molecule has 5 nitrogen and oxygen atoms in total. The van der Waals surface area contributed by atoms with Crippen LogP contribution >= 0.6 is 27.7 Å². The molecule has 0 radical (unpaired) electrons. The fraction of sp³-hybridized carbons (Fsp3) is 0.636. The first kappa shape index (κ1) is 15.4. The molecule has 2 heterocycles. The summed E-state index contributed by atoms with van der Waals surface area (Å²) in [4.78, 5) is 0.177. The predicted molar refractivity (Wildman–Crippen MR) is 79.8 cm³/mol. The molecule has 1 aromatic rings. The number of nitrogens with one attached hydrogen (secondary N) is 2. The van der Waals surface area contributed by atoms with Gasteiger partial charge in [-0.15, -0.1) is 0 Å². The molecule has 0 aromatic carbocycles. The molecule has 1 aliphatic rings. The predicted octanol–water partition coefficient (Wildman–Crippen LogP) is 1.94. The Balaban J connectivity index is 2.14. The van der Waals surface area contributed by atoms with Gasteiger partial charge in [0.15, 0.2) is 4.67 Å². The number of sulfonamides is 1. The van der Waals surface area contributed by atoms with Gasteiger partial charge in [-0.2, -0.15) is 11.8 Å². The lowest BCUT2D eigenvalue weighted by Gasteiger charge is -2.21. The first-order chi connectivity index (χ1) is 9.03. The highest BCUT2D eigenvalue weighted by Crippen LogP contribution is 2.27. The van der Waals surface area contributed by atoms with E-state index in [1.54, 1.807) is 13.1 Å². The van der Waals surface area contributed by atoms with Crippen LogP contribution in [0.25, 0.3) is 0 Å². The van der Waals surface area contributed by atoms with Crippen molar-refractivity contribution in [2.45, 2.75) is 30.3 Å². The summed E-state index contributed by atoms with van der Waals surface area (Å²) in [6.45, 7) is 0.494. The normalized spacial score (nSPS) is 17.8. The number of hydrogen-bond acceptors (Lipinski definition) is 5. The van der Waals surface area contributed by atoms with E-state index in [0.717, 1.165) is 24.3 Å². The van der Waals surface area contributed by atoms with E-state index in [-0.39, 0.29) is 15.6 Å². The topological polar surface area (TPSA) is 71.3 Å². The number of furan rings is 1. The highest BCUT2D eigenvalue weighted by Gasteiger charge is 2.26. The fourth-order valence-corrected chi connectivity index (χ4v) is 5.35. The van der Waals surface area contributed by atoms with Crippen molar-refractivity contribution in [3.8, 4) is 0 Å². The molecule has 2 N–H and O–H groups in total. The minimum atomic E-state index is -3.52. The summed E-state index contributed by atoms with van der Waals surface area (Å²) >= 11 is 5.03. The Morgan fingerprint density at radius 1 is 1.47 bits per heavy atom. The fourth-order valence-electron chi connectivity index (χ4n) is 1.94. The van der Waals surface area contributed by atoms with Gasteiger partial charge in [-0.05, 0) is 47.3 Å². The van der Waals surface area contributed by atoms with Gasteiger partial charge in [-0.1, -0.05) is 0 Å². The third-order valence-electron chi connectivity index (χ3n) is 2.89. The summed E-state index contributed by atoms with van der Waals surface area (Å²) < 4.78 is 33.0. The number of halogens is 1. The summed E-state index contributed by atoms with van der Waals surface area (Å²) in [5.41, 5.74) is 0. The van der Waals surface area contributed by atoms with Crippen molar-refractivity contribution in [3.05, 3.63) is 16.5 Å². The highest BCUT2D eigenvalue weighted by molar-refractivity contribution is 9.10. The van der Waals surface area contributed by atoms with E-state index in [9.17, 15) is 8.42 Å². The maximum atomic E-state index is 12.3. The largest absolute Gasteiger partial charge is 0.452 e. The van der Waals surface area contributed by atoms with Crippen LogP contribution < -0.4 is 10.0 Å². The van der Waals surface area contributed by atoms with Gasteiger partial charge in [0.05, 0.1) is 6.54 Å². The van der Waals surface area contributed by atoms with Gasteiger partial charge in [0, 0.05) is 12.1 Å². The van der Waals surface area contributed by atoms with E-state index >= 15 is 0 Å². The Labute approximate surface area is 126 Å². The van der Waals surface area contributed by atoms with Crippen molar-refractivity contribution < 1.29 is 12.8 Å². The molecule has 8 heteroatoms. The van der Waals surface area contributed by atoms with Gasteiger partial charge in [0.25, 0.3) is 0 Å². The lowest BCUT2D eigenvalue weighted by atomic mass is 10.2. The molecule has 2 rings (SSSR count). The van der Waals surface area contributed by atoms with Crippen molar-refractivity contribution >= 4 is 37.7 Å². The van der Waals surface area contributed by atoms with Crippen molar-refractivity contribution in [3.63, 3.8) is 0 Å². The van der Waals surface area contributed by atoms with E-state index in [2.05, 4.69) is 26.0 Å². The lowest BCUT2D eigenvalue weighted by molar-refractivity contribution is 0.469. The first-order valence-electron chi connectivity index (χ1n) is 6.06. The Morgan fingerprint density at radius 2 is 2.16 bits per heavy atom. The van der Waals surface area contributed by atoms with Gasteiger partial charge in [0.2, 0.25) is 10.0 Å². The molecule has 108 valence electrons. The number of rotatable bonds is 5.